The molecule has 1 saturated heterocycles. The Morgan fingerprint density at radius 1 is 0.843 bits per heavy atom. The van der Waals surface area contributed by atoms with Crippen LogP contribution in [-0.2, 0) is 71.4 Å². The van der Waals surface area contributed by atoms with Crippen molar-refractivity contribution in [2.45, 2.75) is 95.3 Å². The average Bonchev–Trinajstić information content (AvgIpc) is 3.25. The average molecular weight is 721 g/mol. The Hall–Kier alpha value is -4.84. The number of ether oxygens (including phenoxy) is 9. The molecule has 4 rings (SSSR count). The SMILES string of the molecule is COC(=O)C1=COC(O[C@@H]2O[C@@H](COC(C)=O)[C@H](OC(C)=O)[C@@H](OC(C)=O)[C@H]2OC(C)=O)C2C1(O)CC(OC(=O)/C=C/c1ccccc1)C2(C)O. The summed E-state index contributed by atoms with van der Waals surface area (Å²) in [5.74, 6) is -6.94. The normalized spacial score (nSPS) is 32.7. The van der Waals surface area contributed by atoms with Gasteiger partial charge >= 0.3 is 35.8 Å². The van der Waals surface area contributed by atoms with Crippen molar-refractivity contribution in [1.82, 2.24) is 0 Å². The van der Waals surface area contributed by atoms with E-state index in [0.717, 1.165) is 47.1 Å². The van der Waals surface area contributed by atoms with E-state index in [2.05, 4.69) is 0 Å². The van der Waals surface area contributed by atoms with Crippen LogP contribution in [0.5, 0.6) is 0 Å². The second-order valence-electron chi connectivity index (χ2n) is 12.2. The molecule has 1 saturated carbocycles. The van der Waals surface area contributed by atoms with E-state index in [1.165, 1.54) is 13.0 Å². The molecular formula is C34H40O17. The van der Waals surface area contributed by atoms with Gasteiger partial charge in [-0.05, 0) is 18.6 Å². The molecule has 3 aliphatic rings. The molecule has 1 aromatic carbocycles. The molecule has 1 aromatic rings. The summed E-state index contributed by atoms with van der Waals surface area (Å²) in [4.78, 5) is 74.1. The molecule has 1 aliphatic carbocycles. The third kappa shape index (κ3) is 8.91. The van der Waals surface area contributed by atoms with E-state index in [1.807, 2.05) is 0 Å². The fraction of sp³-hybridized carbons (Fsp3) is 0.529. The van der Waals surface area contributed by atoms with Gasteiger partial charge in [0.05, 0.1) is 19.3 Å². The van der Waals surface area contributed by atoms with Gasteiger partial charge in [0.15, 0.2) is 18.3 Å². The molecule has 0 aromatic heterocycles. The number of methoxy groups -OCH3 is 1. The lowest BCUT2D eigenvalue weighted by molar-refractivity contribution is -0.353. The Kier molecular flexibility index (Phi) is 12.2. The maximum absolute atomic E-state index is 12.9. The van der Waals surface area contributed by atoms with Crippen LogP contribution < -0.4 is 0 Å². The van der Waals surface area contributed by atoms with Crippen LogP contribution >= 0.6 is 0 Å². The van der Waals surface area contributed by atoms with Gasteiger partial charge in [0, 0.05) is 40.2 Å². The van der Waals surface area contributed by atoms with E-state index in [1.54, 1.807) is 30.3 Å². The number of carbonyl (C=O) groups is 6. The summed E-state index contributed by atoms with van der Waals surface area (Å²) < 4.78 is 49.6. The fourth-order valence-corrected chi connectivity index (χ4v) is 6.34. The van der Waals surface area contributed by atoms with Crippen LogP contribution in [0.25, 0.3) is 6.08 Å². The van der Waals surface area contributed by atoms with Crippen molar-refractivity contribution in [3.8, 4) is 0 Å². The van der Waals surface area contributed by atoms with Crippen LogP contribution in [0.4, 0.5) is 0 Å². The summed E-state index contributed by atoms with van der Waals surface area (Å²) >= 11 is 0. The molecule has 0 bridgehead atoms. The topological polar surface area (TPSA) is 226 Å². The van der Waals surface area contributed by atoms with Crippen LogP contribution in [0, 0.1) is 5.92 Å². The van der Waals surface area contributed by atoms with Gasteiger partial charge in [-0.1, -0.05) is 30.3 Å². The number of benzene rings is 1. The number of esters is 6. The Morgan fingerprint density at radius 3 is 2.04 bits per heavy atom. The van der Waals surface area contributed by atoms with E-state index >= 15 is 0 Å². The highest BCUT2D eigenvalue weighted by molar-refractivity contribution is 5.91. The monoisotopic (exact) mass is 720 g/mol. The smallest absolute Gasteiger partial charge is 0.339 e. The van der Waals surface area contributed by atoms with E-state index in [-0.39, 0.29) is 0 Å². The molecule has 10 atom stereocenters. The lowest BCUT2D eigenvalue weighted by atomic mass is 9.77. The van der Waals surface area contributed by atoms with Crippen molar-refractivity contribution in [2.24, 2.45) is 5.92 Å². The highest BCUT2D eigenvalue weighted by atomic mass is 16.8. The minimum Gasteiger partial charge on any atom is -0.471 e. The molecule has 17 nitrogen and oxygen atoms in total. The third-order valence-electron chi connectivity index (χ3n) is 8.44. The molecule has 2 N–H and O–H groups in total. The van der Waals surface area contributed by atoms with Crippen molar-refractivity contribution in [3.63, 3.8) is 0 Å². The second-order valence-corrected chi connectivity index (χ2v) is 12.2. The number of rotatable bonds is 11. The van der Waals surface area contributed by atoms with Crippen LogP contribution in [0.3, 0.4) is 0 Å². The van der Waals surface area contributed by atoms with Crippen molar-refractivity contribution in [1.29, 1.82) is 0 Å². The van der Waals surface area contributed by atoms with E-state index in [9.17, 15) is 39.0 Å². The first-order valence-corrected chi connectivity index (χ1v) is 15.8. The number of fused-ring (bicyclic) bond motifs is 1. The fourth-order valence-electron chi connectivity index (χ4n) is 6.34. The standard InChI is InChI=1S/C34H40O17/c1-17(35)44-16-23-26(46-18(2)36)27(47-19(3)37)28(48-20(4)38)31(49-23)51-32-29-33(5,41)24(14-34(29,42)22(15-45-32)30(40)43-6)50-25(39)13-12-21-10-8-7-9-11-21/h7-13,15,23-24,26-29,31-32,41-42H,14,16H2,1-6H3/b13-12+/t23-,24?,26-,27+,28+,29?,31-,32?,33?,34?/m0/s1. The Labute approximate surface area is 292 Å². The van der Waals surface area contributed by atoms with Gasteiger partial charge in [-0.2, -0.15) is 0 Å². The summed E-state index contributed by atoms with van der Waals surface area (Å²) in [7, 11) is 1.06. The van der Waals surface area contributed by atoms with Crippen molar-refractivity contribution < 1.29 is 81.6 Å². The van der Waals surface area contributed by atoms with E-state index in [0.29, 0.717) is 5.56 Å². The maximum atomic E-state index is 12.9. The summed E-state index contributed by atoms with van der Waals surface area (Å²) in [5.41, 5.74) is -4.26. The van der Waals surface area contributed by atoms with Crippen LogP contribution in [0.15, 0.2) is 48.2 Å². The van der Waals surface area contributed by atoms with Gasteiger partial charge in [-0.3, -0.25) is 19.2 Å². The quantitative estimate of drug-likeness (QED) is 0.182. The first-order chi connectivity index (χ1) is 24.0. The lowest BCUT2D eigenvalue weighted by Gasteiger charge is -2.47. The van der Waals surface area contributed by atoms with Crippen molar-refractivity contribution in [2.75, 3.05) is 13.7 Å². The molecule has 17 heteroatoms. The van der Waals surface area contributed by atoms with Gasteiger partial charge in [-0.15, -0.1) is 0 Å². The summed E-state index contributed by atoms with van der Waals surface area (Å²) in [6.07, 6.45) is -8.28. The van der Waals surface area contributed by atoms with Gasteiger partial charge < -0.3 is 52.8 Å². The highest BCUT2D eigenvalue weighted by Crippen LogP contribution is 2.53. The van der Waals surface area contributed by atoms with Gasteiger partial charge in [0.2, 0.25) is 12.6 Å². The van der Waals surface area contributed by atoms with Crippen LogP contribution in [0.1, 0.15) is 46.6 Å². The molecule has 2 heterocycles. The Balaban J connectivity index is 1.72. The number of hydrogen-bond donors (Lipinski definition) is 2. The van der Waals surface area contributed by atoms with E-state index < -0.39 is 115 Å². The van der Waals surface area contributed by atoms with Crippen LogP contribution in [-0.4, -0.2) is 114 Å². The first kappa shape index (κ1) is 39.0. The highest BCUT2D eigenvalue weighted by Gasteiger charge is 2.69. The molecule has 0 spiro atoms. The van der Waals surface area contributed by atoms with Crippen LogP contribution in [0.2, 0.25) is 0 Å². The molecule has 2 fully saturated rings. The predicted octanol–water partition coefficient (Wildman–Crippen LogP) is 0.627. The second kappa shape index (κ2) is 16.0. The Bertz CT molecular complexity index is 1550. The summed E-state index contributed by atoms with van der Waals surface area (Å²) in [6.45, 7) is 4.89. The number of hydrogen-bond acceptors (Lipinski definition) is 17. The van der Waals surface area contributed by atoms with Gasteiger partial charge in [0.1, 0.15) is 35.6 Å². The summed E-state index contributed by atoms with van der Waals surface area (Å²) in [6, 6.07) is 8.81. The molecule has 51 heavy (non-hydrogen) atoms. The summed E-state index contributed by atoms with van der Waals surface area (Å²) in [5, 5.41) is 24.0. The van der Waals surface area contributed by atoms with E-state index in [4.69, 9.17) is 42.6 Å². The lowest BCUT2D eigenvalue weighted by Crippen LogP contribution is -2.65. The molecular weight excluding hydrogens is 680 g/mol. The predicted molar refractivity (Wildman–Crippen MR) is 167 cm³/mol. The molecule has 0 radical (unpaired) electrons. The van der Waals surface area contributed by atoms with Gasteiger partial charge in [0.25, 0.3) is 0 Å². The maximum Gasteiger partial charge on any atom is 0.339 e. The van der Waals surface area contributed by atoms with Gasteiger partial charge in [-0.25, -0.2) is 9.59 Å². The van der Waals surface area contributed by atoms with Crippen molar-refractivity contribution >= 4 is 41.9 Å². The van der Waals surface area contributed by atoms with Crippen molar-refractivity contribution in [3.05, 3.63) is 53.8 Å². The minimum atomic E-state index is -2.31. The Morgan fingerprint density at radius 2 is 1.45 bits per heavy atom. The molecule has 2 aliphatic heterocycles. The zero-order chi connectivity index (χ0) is 37.7. The number of aliphatic hydroxyl groups is 2. The first-order valence-electron chi connectivity index (χ1n) is 15.8. The molecule has 278 valence electrons. The largest absolute Gasteiger partial charge is 0.471 e. The zero-order valence-electron chi connectivity index (χ0n) is 28.7. The molecule has 5 unspecified atom stereocenters. The third-order valence-corrected chi connectivity index (χ3v) is 8.44. The minimum absolute atomic E-state index is 0.435. The zero-order valence-corrected chi connectivity index (χ0v) is 28.7. The number of carbonyl (C=O) groups excluding carboxylic acids is 6. The molecule has 0 amide bonds.